The number of amides is 2. The summed E-state index contributed by atoms with van der Waals surface area (Å²) in [5, 5.41) is 2.14. The molecule has 2 aromatic rings. The first kappa shape index (κ1) is 24.5. The largest absolute Gasteiger partial charge is 0.333 e. The first-order valence-corrected chi connectivity index (χ1v) is 13.0. The highest BCUT2D eigenvalue weighted by Crippen LogP contribution is 2.39. The molecule has 2 heterocycles. The molecule has 4 nitrogen and oxygen atoms in total. The molecule has 3 rings (SSSR count). The van der Waals surface area contributed by atoms with Crippen LogP contribution in [0, 0.1) is 12.8 Å². The fourth-order valence-electron chi connectivity index (χ4n) is 4.46. The number of aryl methyl sites for hydroxylation is 1. The van der Waals surface area contributed by atoms with E-state index in [-0.39, 0.29) is 24.4 Å². The van der Waals surface area contributed by atoms with E-state index in [0.717, 1.165) is 32.1 Å². The predicted molar refractivity (Wildman–Crippen MR) is 133 cm³/mol. The fourth-order valence-corrected chi connectivity index (χ4v) is 5.36. The topological polar surface area (TPSA) is 40.6 Å². The minimum absolute atomic E-state index is 0.0581. The van der Waals surface area contributed by atoms with Crippen LogP contribution in [0.4, 0.5) is 0 Å². The molecule has 0 saturated carbocycles. The SMILES string of the molecule is CCCCCC(=O)N(CCC(C)C)CC(=O)N1CCc2sccc2C1c1ccccc1C. The van der Waals surface area contributed by atoms with E-state index in [1.807, 2.05) is 15.9 Å². The molecule has 32 heavy (non-hydrogen) atoms. The number of hydrogen-bond donors (Lipinski definition) is 0. The van der Waals surface area contributed by atoms with Gasteiger partial charge < -0.3 is 9.80 Å². The number of benzene rings is 1. The number of rotatable bonds is 10. The van der Waals surface area contributed by atoms with E-state index in [4.69, 9.17) is 0 Å². The van der Waals surface area contributed by atoms with Crippen molar-refractivity contribution in [3.8, 4) is 0 Å². The molecule has 1 atom stereocenters. The van der Waals surface area contributed by atoms with Gasteiger partial charge in [-0.3, -0.25) is 9.59 Å². The maximum atomic E-state index is 13.6. The van der Waals surface area contributed by atoms with Crippen molar-refractivity contribution in [2.24, 2.45) is 5.92 Å². The summed E-state index contributed by atoms with van der Waals surface area (Å²) in [6.07, 6.45) is 5.39. The Labute approximate surface area is 197 Å². The molecule has 1 aliphatic heterocycles. The maximum absolute atomic E-state index is 13.6. The summed E-state index contributed by atoms with van der Waals surface area (Å²) in [5.74, 6) is 0.676. The highest BCUT2D eigenvalue weighted by Gasteiger charge is 2.34. The van der Waals surface area contributed by atoms with E-state index in [1.54, 1.807) is 11.3 Å². The summed E-state index contributed by atoms with van der Waals surface area (Å²) >= 11 is 1.78. The second-order valence-electron chi connectivity index (χ2n) is 9.35. The van der Waals surface area contributed by atoms with Crippen LogP contribution in [0.1, 0.15) is 80.5 Å². The molecule has 2 amide bonds. The van der Waals surface area contributed by atoms with E-state index < -0.39 is 0 Å². The molecule has 1 aromatic heterocycles. The zero-order chi connectivity index (χ0) is 23.1. The van der Waals surface area contributed by atoms with Crippen LogP contribution < -0.4 is 0 Å². The molecule has 0 fully saturated rings. The molecule has 0 bridgehead atoms. The molecule has 1 aromatic carbocycles. The van der Waals surface area contributed by atoms with Crippen LogP contribution in [0.2, 0.25) is 0 Å². The number of fused-ring (bicyclic) bond motifs is 1. The lowest BCUT2D eigenvalue weighted by Gasteiger charge is -2.38. The maximum Gasteiger partial charge on any atom is 0.242 e. The number of nitrogens with zero attached hydrogens (tertiary/aromatic N) is 2. The lowest BCUT2D eigenvalue weighted by molar-refractivity contribution is -0.142. The van der Waals surface area contributed by atoms with E-state index in [9.17, 15) is 9.59 Å². The van der Waals surface area contributed by atoms with Crippen LogP contribution in [0.3, 0.4) is 0 Å². The third-order valence-corrected chi connectivity index (χ3v) is 7.42. The smallest absolute Gasteiger partial charge is 0.242 e. The summed E-state index contributed by atoms with van der Waals surface area (Å²) in [4.78, 5) is 31.8. The number of unbranched alkanes of at least 4 members (excludes halogenated alkanes) is 2. The van der Waals surface area contributed by atoms with Gasteiger partial charge in [-0.2, -0.15) is 0 Å². The normalized spacial score (nSPS) is 15.7. The van der Waals surface area contributed by atoms with Gasteiger partial charge >= 0.3 is 0 Å². The zero-order valence-electron chi connectivity index (χ0n) is 20.1. The minimum Gasteiger partial charge on any atom is -0.333 e. The van der Waals surface area contributed by atoms with Crippen LogP contribution in [-0.2, 0) is 16.0 Å². The van der Waals surface area contributed by atoms with Gasteiger partial charge in [0.1, 0.15) is 0 Å². The summed E-state index contributed by atoms with van der Waals surface area (Å²) in [6, 6.07) is 10.5. The summed E-state index contributed by atoms with van der Waals surface area (Å²) in [6.45, 7) is 10.1. The molecule has 1 aliphatic rings. The van der Waals surface area contributed by atoms with Gasteiger partial charge in [0, 0.05) is 24.4 Å². The number of hydrogen-bond acceptors (Lipinski definition) is 3. The Kier molecular flexibility index (Phi) is 8.92. The Morgan fingerprint density at radius 2 is 1.94 bits per heavy atom. The minimum atomic E-state index is -0.0687. The predicted octanol–water partition coefficient (Wildman–Crippen LogP) is 5.99. The average Bonchev–Trinajstić information content (AvgIpc) is 3.25. The summed E-state index contributed by atoms with van der Waals surface area (Å²) in [7, 11) is 0. The number of carbonyl (C=O) groups is 2. The molecule has 0 N–H and O–H groups in total. The molecular formula is C27H38N2O2S. The molecule has 5 heteroatoms. The Morgan fingerprint density at radius 1 is 1.16 bits per heavy atom. The van der Waals surface area contributed by atoms with E-state index >= 15 is 0 Å². The van der Waals surface area contributed by atoms with Gasteiger partial charge in [-0.15, -0.1) is 11.3 Å². The first-order valence-electron chi connectivity index (χ1n) is 12.1. The first-order chi connectivity index (χ1) is 15.4. The van der Waals surface area contributed by atoms with Crippen molar-refractivity contribution >= 4 is 23.2 Å². The van der Waals surface area contributed by atoms with Gasteiger partial charge in [0.05, 0.1) is 12.6 Å². The lowest BCUT2D eigenvalue weighted by atomic mass is 9.90. The highest BCUT2D eigenvalue weighted by atomic mass is 32.1. The van der Waals surface area contributed by atoms with Gasteiger partial charge in [-0.25, -0.2) is 0 Å². The van der Waals surface area contributed by atoms with Gasteiger partial charge in [0.25, 0.3) is 0 Å². The quantitative estimate of drug-likeness (QED) is 0.414. The van der Waals surface area contributed by atoms with Crippen molar-refractivity contribution in [1.29, 1.82) is 0 Å². The molecule has 174 valence electrons. The van der Waals surface area contributed by atoms with Crippen LogP contribution in [0.25, 0.3) is 0 Å². The third kappa shape index (κ3) is 6.00. The van der Waals surface area contributed by atoms with Crippen molar-refractivity contribution in [3.63, 3.8) is 0 Å². The Hall–Kier alpha value is -2.14. The van der Waals surface area contributed by atoms with Crippen molar-refractivity contribution in [2.75, 3.05) is 19.6 Å². The molecule has 0 saturated heterocycles. The fraction of sp³-hybridized carbons (Fsp3) is 0.556. The van der Waals surface area contributed by atoms with E-state index in [1.165, 1.54) is 21.6 Å². The second-order valence-corrected chi connectivity index (χ2v) is 10.4. The number of thiophene rings is 1. The second kappa shape index (κ2) is 11.6. The third-order valence-electron chi connectivity index (χ3n) is 6.42. The summed E-state index contributed by atoms with van der Waals surface area (Å²) < 4.78 is 0. The van der Waals surface area contributed by atoms with Crippen molar-refractivity contribution in [3.05, 3.63) is 57.3 Å². The molecule has 0 aliphatic carbocycles. The van der Waals surface area contributed by atoms with Crippen LogP contribution in [-0.4, -0.2) is 41.2 Å². The lowest BCUT2D eigenvalue weighted by Crippen LogP contribution is -2.47. The zero-order valence-corrected chi connectivity index (χ0v) is 20.9. The molecule has 1 unspecified atom stereocenters. The van der Waals surface area contributed by atoms with Gasteiger partial charge in [-0.1, -0.05) is 57.9 Å². The van der Waals surface area contributed by atoms with E-state index in [0.29, 0.717) is 25.4 Å². The Morgan fingerprint density at radius 3 is 2.66 bits per heavy atom. The highest BCUT2D eigenvalue weighted by molar-refractivity contribution is 7.10. The van der Waals surface area contributed by atoms with Crippen molar-refractivity contribution in [1.82, 2.24) is 9.80 Å². The summed E-state index contributed by atoms with van der Waals surface area (Å²) in [5.41, 5.74) is 3.62. The number of carbonyl (C=O) groups excluding carboxylic acids is 2. The Balaban J connectivity index is 1.82. The van der Waals surface area contributed by atoms with Crippen molar-refractivity contribution in [2.45, 2.75) is 72.3 Å². The van der Waals surface area contributed by atoms with Gasteiger partial charge in [-0.05, 0) is 60.2 Å². The van der Waals surface area contributed by atoms with Gasteiger partial charge in [0.15, 0.2) is 0 Å². The molecular weight excluding hydrogens is 416 g/mol. The monoisotopic (exact) mass is 454 g/mol. The average molecular weight is 455 g/mol. The van der Waals surface area contributed by atoms with Crippen LogP contribution >= 0.6 is 11.3 Å². The van der Waals surface area contributed by atoms with E-state index in [2.05, 4.69) is 57.3 Å². The van der Waals surface area contributed by atoms with Gasteiger partial charge in [0.2, 0.25) is 11.8 Å². The standard InChI is InChI=1S/C27H38N2O2S/c1-5-6-7-12-25(30)28(16-13-20(2)3)19-26(31)29-17-14-24-23(15-18-32-24)27(29)22-11-9-8-10-21(22)4/h8-11,15,18,20,27H,5-7,12-14,16-17,19H2,1-4H3. The van der Waals surface area contributed by atoms with Crippen LogP contribution in [0.15, 0.2) is 35.7 Å². The molecule has 0 radical (unpaired) electrons. The van der Waals surface area contributed by atoms with Crippen molar-refractivity contribution < 1.29 is 9.59 Å². The molecule has 0 spiro atoms. The Bertz CT molecular complexity index is 905. The van der Waals surface area contributed by atoms with Crippen LogP contribution in [0.5, 0.6) is 0 Å².